The number of likely N-dealkylation sites (tertiary alicyclic amines) is 1. The van der Waals surface area contributed by atoms with E-state index in [2.05, 4.69) is 11.8 Å². The maximum absolute atomic E-state index is 14.2. The fourth-order valence-corrected chi connectivity index (χ4v) is 5.41. The van der Waals surface area contributed by atoms with E-state index in [9.17, 15) is 9.18 Å². The topological polar surface area (TPSA) is 102 Å². The number of esters is 1. The fraction of sp³-hybridized carbons (Fsp3) is 0.355. The molecule has 2 aromatic carbocycles. The van der Waals surface area contributed by atoms with Crippen LogP contribution in [-0.2, 0) is 18.4 Å². The quantitative estimate of drug-likeness (QED) is 0.269. The molecule has 0 amide bonds. The van der Waals surface area contributed by atoms with Crippen molar-refractivity contribution in [3.05, 3.63) is 82.6 Å². The number of nitrogens with zero attached hydrogens (tertiary/aromatic N) is 5. The Morgan fingerprint density at radius 1 is 1.15 bits per heavy atom. The summed E-state index contributed by atoms with van der Waals surface area (Å²) in [6, 6.07) is 15.5. The van der Waals surface area contributed by atoms with Gasteiger partial charge in [0.1, 0.15) is 29.5 Å². The third kappa shape index (κ3) is 5.72. The Morgan fingerprint density at radius 2 is 1.93 bits per heavy atom. The van der Waals surface area contributed by atoms with E-state index < -0.39 is 11.8 Å². The molecule has 1 saturated heterocycles. The number of methoxy groups -OCH3 is 2. The Labute approximate surface area is 238 Å². The first-order chi connectivity index (χ1) is 19.8. The van der Waals surface area contributed by atoms with E-state index in [4.69, 9.17) is 29.4 Å². The molecule has 1 aliphatic rings. The SMILES string of the molecule is COC(=O)c1cc(OC)c2nc(C(C)N3CCC(c4cccc(OCc5ccc(C#N)cc5F)n4)CC3)n(C)c2c1. The number of aromatic nitrogens is 3. The van der Waals surface area contributed by atoms with E-state index in [0.717, 1.165) is 43.0 Å². The molecule has 1 atom stereocenters. The fourth-order valence-electron chi connectivity index (χ4n) is 5.41. The van der Waals surface area contributed by atoms with E-state index in [1.165, 1.54) is 13.2 Å². The highest BCUT2D eigenvalue weighted by Gasteiger charge is 2.28. The van der Waals surface area contributed by atoms with Crippen molar-refractivity contribution in [2.24, 2.45) is 7.05 Å². The van der Waals surface area contributed by atoms with Crippen LogP contribution in [0.4, 0.5) is 4.39 Å². The van der Waals surface area contributed by atoms with Crippen LogP contribution in [0.1, 0.15) is 64.7 Å². The number of carbonyl (C=O) groups excluding carboxylic acids is 1. The van der Waals surface area contributed by atoms with Crippen LogP contribution in [0.2, 0.25) is 0 Å². The Balaban J connectivity index is 1.25. The minimum absolute atomic E-state index is 0.0356. The van der Waals surface area contributed by atoms with Gasteiger partial charge in [-0.3, -0.25) is 4.90 Å². The number of hydrogen-bond acceptors (Lipinski definition) is 8. The number of aryl methyl sites for hydroxylation is 1. The van der Waals surface area contributed by atoms with Crippen LogP contribution in [0.5, 0.6) is 11.6 Å². The number of halogens is 1. The zero-order chi connectivity index (χ0) is 29.1. The highest BCUT2D eigenvalue weighted by atomic mass is 19.1. The second-order valence-corrected chi connectivity index (χ2v) is 10.2. The highest BCUT2D eigenvalue weighted by Crippen LogP contribution is 2.35. The summed E-state index contributed by atoms with van der Waals surface area (Å²) in [6.07, 6.45) is 1.84. The number of pyridine rings is 1. The molecule has 2 aromatic heterocycles. The minimum Gasteiger partial charge on any atom is -0.494 e. The number of fused-ring (bicyclic) bond motifs is 1. The highest BCUT2D eigenvalue weighted by molar-refractivity contribution is 5.96. The van der Waals surface area contributed by atoms with Gasteiger partial charge in [0.05, 0.1) is 43.0 Å². The van der Waals surface area contributed by atoms with Crippen molar-refractivity contribution >= 4 is 17.0 Å². The Hall–Kier alpha value is -4.49. The minimum atomic E-state index is -0.468. The molecular formula is C31H32FN5O4. The van der Waals surface area contributed by atoms with Gasteiger partial charge in [-0.05, 0) is 63.2 Å². The normalized spacial score (nSPS) is 14.9. The summed E-state index contributed by atoms with van der Waals surface area (Å²) >= 11 is 0. The number of carbonyl (C=O) groups is 1. The number of ether oxygens (including phenoxy) is 3. The molecule has 1 aliphatic heterocycles. The van der Waals surface area contributed by atoms with E-state index in [1.807, 2.05) is 29.8 Å². The smallest absolute Gasteiger partial charge is 0.338 e. The van der Waals surface area contributed by atoms with Gasteiger partial charge in [-0.1, -0.05) is 12.1 Å². The first kappa shape index (κ1) is 28.1. The lowest BCUT2D eigenvalue weighted by atomic mass is 9.92. The molecule has 0 spiro atoms. The molecule has 4 aromatic rings. The monoisotopic (exact) mass is 557 g/mol. The second kappa shape index (κ2) is 11.9. The lowest BCUT2D eigenvalue weighted by Crippen LogP contribution is -2.36. The molecule has 0 N–H and O–H groups in total. The molecule has 0 saturated carbocycles. The van der Waals surface area contributed by atoms with Crippen molar-refractivity contribution in [2.75, 3.05) is 27.3 Å². The van der Waals surface area contributed by atoms with Crippen LogP contribution >= 0.6 is 0 Å². The zero-order valence-corrected chi connectivity index (χ0v) is 23.6. The number of hydrogen-bond donors (Lipinski definition) is 0. The van der Waals surface area contributed by atoms with Gasteiger partial charge in [-0.15, -0.1) is 0 Å². The van der Waals surface area contributed by atoms with E-state index in [1.54, 1.807) is 37.4 Å². The van der Waals surface area contributed by atoms with E-state index in [0.29, 0.717) is 28.3 Å². The first-order valence-electron chi connectivity index (χ1n) is 13.5. The van der Waals surface area contributed by atoms with Crippen molar-refractivity contribution in [2.45, 2.75) is 38.3 Å². The molecule has 5 rings (SSSR count). The van der Waals surface area contributed by atoms with Gasteiger partial charge < -0.3 is 18.8 Å². The molecule has 10 heteroatoms. The third-order valence-electron chi connectivity index (χ3n) is 7.80. The average molecular weight is 558 g/mol. The van der Waals surface area contributed by atoms with Gasteiger partial charge in [0.25, 0.3) is 0 Å². The van der Waals surface area contributed by atoms with Crippen molar-refractivity contribution in [3.63, 3.8) is 0 Å². The summed E-state index contributed by atoms with van der Waals surface area (Å²) in [5.41, 5.74) is 3.54. The summed E-state index contributed by atoms with van der Waals surface area (Å²) in [6.45, 7) is 3.91. The zero-order valence-electron chi connectivity index (χ0n) is 23.6. The van der Waals surface area contributed by atoms with Gasteiger partial charge in [-0.2, -0.15) is 5.26 Å². The van der Waals surface area contributed by atoms with E-state index in [-0.39, 0.29) is 24.1 Å². The molecule has 0 aliphatic carbocycles. The molecule has 41 heavy (non-hydrogen) atoms. The third-order valence-corrected chi connectivity index (χ3v) is 7.80. The van der Waals surface area contributed by atoms with Crippen molar-refractivity contribution in [1.29, 1.82) is 5.26 Å². The van der Waals surface area contributed by atoms with Crippen LogP contribution < -0.4 is 9.47 Å². The Kier molecular flexibility index (Phi) is 8.17. The van der Waals surface area contributed by atoms with Crippen LogP contribution in [0.3, 0.4) is 0 Å². The predicted molar refractivity (Wildman–Crippen MR) is 150 cm³/mol. The molecule has 3 heterocycles. The second-order valence-electron chi connectivity index (χ2n) is 10.2. The largest absolute Gasteiger partial charge is 0.494 e. The Bertz CT molecular complexity index is 1620. The number of imidazole rings is 1. The average Bonchev–Trinajstić information content (AvgIpc) is 3.35. The summed E-state index contributed by atoms with van der Waals surface area (Å²) < 4.78 is 32.5. The molecule has 212 valence electrons. The summed E-state index contributed by atoms with van der Waals surface area (Å²) in [5.74, 6) is 1.25. The molecule has 0 bridgehead atoms. The van der Waals surface area contributed by atoms with Crippen LogP contribution in [-0.4, -0.2) is 52.7 Å². The maximum atomic E-state index is 14.2. The number of rotatable bonds is 8. The van der Waals surface area contributed by atoms with Crippen molar-refractivity contribution < 1.29 is 23.4 Å². The summed E-state index contributed by atoms with van der Waals surface area (Å²) in [5, 5.41) is 8.93. The number of nitriles is 1. The van der Waals surface area contributed by atoms with Gasteiger partial charge >= 0.3 is 5.97 Å². The molecule has 0 radical (unpaired) electrons. The summed E-state index contributed by atoms with van der Waals surface area (Å²) in [7, 11) is 4.88. The Morgan fingerprint density at radius 3 is 2.61 bits per heavy atom. The first-order valence-corrected chi connectivity index (χ1v) is 13.5. The number of benzene rings is 2. The van der Waals surface area contributed by atoms with Crippen molar-refractivity contribution in [3.8, 4) is 17.7 Å². The van der Waals surface area contributed by atoms with Crippen LogP contribution in [0, 0.1) is 17.1 Å². The summed E-state index contributed by atoms with van der Waals surface area (Å²) in [4.78, 5) is 24.2. The van der Waals surface area contributed by atoms with Gasteiger partial charge in [0.15, 0.2) is 0 Å². The standard InChI is InChI=1S/C31H32FN5O4/c1-19(30-35-29-26(36(30)2)15-23(31(38)40-4)16-27(29)39-3)37-12-10-21(11-13-37)25-6-5-7-28(34-25)41-18-22-9-8-20(17-33)14-24(22)32/h5-9,14-16,19,21H,10-13,18H2,1-4H3. The van der Waals surface area contributed by atoms with Crippen molar-refractivity contribution in [1.82, 2.24) is 19.4 Å². The van der Waals surface area contributed by atoms with Gasteiger partial charge in [0.2, 0.25) is 5.88 Å². The molecule has 9 nitrogen and oxygen atoms in total. The lowest BCUT2D eigenvalue weighted by Gasteiger charge is -2.35. The van der Waals surface area contributed by atoms with Crippen LogP contribution in [0.15, 0.2) is 48.5 Å². The van der Waals surface area contributed by atoms with Crippen LogP contribution in [0.25, 0.3) is 11.0 Å². The molecule has 1 fully saturated rings. The van der Waals surface area contributed by atoms with Gasteiger partial charge in [0, 0.05) is 30.3 Å². The maximum Gasteiger partial charge on any atom is 0.338 e. The van der Waals surface area contributed by atoms with Gasteiger partial charge in [-0.25, -0.2) is 19.2 Å². The van der Waals surface area contributed by atoms with E-state index >= 15 is 0 Å². The molecule has 1 unspecified atom stereocenters. The number of piperidine rings is 1. The molecular weight excluding hydrogens is 525 g/mol. The lowest BCUT2D eigenvalue weighted by molar-refractivity contribution is 0.0600. The predicted octanol–water partition coefficient (Wildman–Crippen LogP) is 5.29.